The summed E-state index contributed by atoms with van der Waals surface area (Å²) in [5.74, 6) is 0.109. The maximum absolute atomic E-state index is 12.9. The van der Waals surface area contributed by atoms with Gasteiger partial charge in [-0.3, -0.25) is 9.59 Å². The second-order valence-electron chi connectivity index (χ2n) is 8.16. The van der Waals surface area contributed by atoms with E-state index in [2.05, 4.69) is 45.9 Å². The van der Waals surface area contributed by atoms with E-state index in [0.29, 0.717) is 17.2 Å². The number of halogens is 1. The highest BCUT2D eigenvalue weighted by Gasteiger charge is 2.24. The molecule has 0 bridgehead atoms. The van der Waals surface area contributed by atoms with Crippen LogP contribution in [0.25, 0.3) is 0 Å². The maximum atomic E-state index is 12.9. The molecule has 2 amide bonds. The first-order valence-corrected chi connectivity index (χ1v) is 11.1. The van der Waals surface area contributed by atoms with Crippen LogP contribution in [0.3, 0.4) is 0 Å². The summed E-state index contributed by atoms with van der Waals surface area (Å²) in [6.45, 7) is 5.69. The molecule has 1 heterocycles. The molecule has 1 aliphatic rings. The molecule has 0 atom stereocenters. The van der Waals surface area contributed by atoms with Gasteiger partial charge >= 0.3 is 0 Å². The molecule has 1 fully saturated rings. The van der Waals surface area contributed by atoms with Gasteiger partial charge in [-0.2, -0.15) is 0 Å². The zero-order chi connectivity index (χ0) is 21.5. The highest BCUT2D eigenvalue weighted by molar-refractivity contribution is 6.29. The second-order valence-corrected chi connectivity index (χ2v) is 8.43. The molecule has 0 saturated carbocycles. The lowest BCUT2D eigenvalue weighted by Gasteiger charge is -2.35. The molecule has 1 aliphatic heterocycles. The summed E-state index contributed by atoms with van der Waals surface area (Å²) in [5, 5.41) is 5.71. The van der Waals surface area contributed by atoms with E-state index in [9.17, 15) is 9.59 Å². The minimum Gasteiger partial charge on any atom is -0.371 e. The molecule has 0 radical (unpaired) electrons. The van der Waals surface area contributed by atoms with E-state index in [-0.39, 0.29) is 23.7 Å². The number of amides is 2. The van der Waals surface area contributed by atoms with E-state index in [4.69, 9.17) is 11.6 Å². The van der Waals surface area contributed by atoms with Gasteiger partial charge in [-0.05, 0) is 62.8 Å². The van der Waals surface area contributed by atoms with Gasteiger partial charge in [-0.1, -0.05) is 30.3 Å². The predicted octanol–water partition coefficient (Wildman–Crippen LogP) is 4.46. The summed E-state index contributed by atoms with van der Waals surface area (Å²) < 4.78 is 0. The lowest BCUT2D eigenvalue weighted by atomic mass is 9.89. The first kappa shape index (κ1) is 22.2. The number of alkyl halides is 1. The second kappa shape index (κ2) is 10.5. The van der Waals surface area contributed by atoms with Crippen molar-refractivity contribution in [2.24, 2.45) is 5.92 Å². The van der Waals surface area contributed by atoms with E-state index in [0.717, 1.165) is 38.0 Å². The molecule has 0 aromatic heterocycles. The Morgan fingerprint density at radius 3 is 2.43 bits per heavy atom. The van der Waals surface area contributed by atoms with Gasteiger partial charge in [0.05, 0.1) is 5.56 Å². The summed E-state index contributed by atoms with van der Waals surface area (Å²) >= 11 is 5.60. The van der Waals surface area contributed by atoms with E-state index in [1.807, 2.05) is 26.0 Å². The van der Waals surface area contributed by atoms with Crippen molar-refractivity contribution in [3.8, 4) is 0 Å². The van der Waals surface area contributed by atoms with Crippen LogP contribution in [0.15, 0.2) is 48.5 Å². The molecule has 0 unspecified atom stereocenters. The van der Waals surface area contributed by atoms with E-state index >= 15 is 0 Å². The van der Waals surface area contributed by atoms with Crippen LogP contribution in [0.5, 0.6) is 0 Å². The quantitative estimate of drug-likeness (QED) is 0.641. The van der Waals surface area contributed by atoms with Gasteiger partial charge in [0.15, 0.2) is 0 Å². The van der Waals surface area contributed by atoms with Crippen molar-refractivity contribution in [3.63, 3.8) is 0 Å². The Hall–Kier alpha value is -2.53. The van der Waals surface area contributed by atoms with Crippen molar-refractivity contribution >= 4 is 34.8 Å². The monoisotopic (exact) mass is 427 g/mol. The van der Waals surface area contributed by atoms with E-state index in [1.165, 1.54) is 5.56 Å². The molecular formula is C24H30ClN3O2. The number of anilines is 2. The van der Waals surface area contributed by atoms with Crippen molar-refractivity contribution < 1.29 is 9.59 Å². The largest absolute Gasteiger partial charge is 0.371 e. The Balaban J connectivity index is 1.74. The van der Waals surface area contributed by atoms with Gasteiger partial charge in [-0.15, -0.1) is 11.6 Å². The molecule has 6 heteroatoms. The average molecular weight is 428 g/mol. The van der Waals surface area contributed by atoms with Crippen LogP contribution >= 0.6 is 11.6 Å². The van der Waals surface area contributed by atoms with Gasteiger partial charge < -0.3 is 15.5 Å². The lowest BCUT2D eigenvalue weighted by Crippen LogP contribution is -2.37. The Bertz CT molecular complexity index is 862. The molecule has 30 heavy (non-hydrogen) atoms. The average Bonchev–Trinajstić information content (AvgIpc) is 2.74. The molecule has 160 valence electrons. The number of nitrogens with one attached hydrogen (secondary N) is 2. The molecule has 2 aromatic rings. The van der Waals surface area contributed by atoms with E-state index < -0.39 is 0 Å². The fraction of sp³-hybridized carbons (Fsp3) is 0.417. The first-order valence-electron chi connectivity index (χ1n) is 10.6. The molecule has 5 nitrogen and oxygen atoms in total. The maximum Gasteiger partial charge on any atom is 0.253 e. The number of hydrogen-bond donors (Lipinski definition) is 2. The smallest absolute Gasteiger partial charge is 0.253 e. The number of piperidine rings is 1. The summed E-state index contributed by atoms with van der Waals surface area (Å²) in [5.41, 5.74) is 3.46. The van der Waals surface area contributed by atoms with Gasteiger partial charge in [0.1, 0.15) is 5.88 Å². The fourth-order valence-electron chi connectivity index (χ4n) is 3.93. The van der Waals surface area contributed by atoms with Crippen LogP contribution < -0.4 is 15.5 Å². The Labute approximate surface area is 183 Å². The fourth-order valence-corrected chi connectivity index (χ4v) is 4.00. The third-order valence-corrected chi connectivity index (χ3v) is 5.63. The Morgan fingerprint density at radius 1 is 1.10 bits per heavy atom. The predicted molar refractivity (Wildman–Crippen MR) is 123 cm³/mol. The molecule has 0 spiro atoms. The normalized spacial score (nSPS) is 14.6. The third kappa shape index (κ3) is 5.99. The van der Waals surface area contributed by atoms with Crippen LogP contribution in [0.2, 0.25) is 0 Å². The van der Waals surface area contributed by atoms with Crippen molar-refractivity contribution in [1.82, 2.24) is 5.32 Å². The van der Waals surface area contributed by atoms with Crippen LogP contribution in [0.1, 0.15) is 42.6 Å². The summed E-state index contributed by atoms with van der Waals surface area (Å²) in [7, 11) is 0. The zero-order valence-electron chi connectivity index (χ0n) is 17.7. The van der Waals surface area contributed by atoms with Gasteiger partial charge in [0.2, 0.25) is 5.91 Å². The van der Waals surface area contributed by atoms with Crippen LogP contribution in [0, 0.1) is 5.92 Å². The Morgan fingerprint density at radius 2 is 1.80 bits per heavy atom. The number of nitrogens with zero attached hydrogens (tertiary/aromatic N) is 1. The third-order valence-electron chi connectivity index (χ3n) is 5.39. The minimum absolute atomic E-state index is 0.0306. The SMILES string of the molecule is CC(C)NC(=O)c1cc(NC(=O)CCl)ccc1N1CCC(Cc2ccccc2)CC1. The van der Waals surface area contributed by atoms with Crippen molar-refractivity contribution in [2.45, 2.75) is 39.2 Å². The molecule has 0 aliphatic carbocycles. The molecular weight excluding hydrogens is 398 g/mol. The summed E-state index contributed by atoms with van der Waals surface area (Å²) in [6, 6.07) is 16.1. The van der Waals surface area contributed by atoms with Crippen LogP contribution in [-0.4, -0.2) is 36.8 Å². The number of rotatable bonds is 7. The highest BCUT2D eigenvalue weighted by Crippen LogP contribution is 2.30. The van der Waals surface area contributed by atoms with Crippen molar-refractivity contribution in [3.05, 3.63) is 59.7 Å². The first-order chi connectivity index (χ1) is 14.5. The number of carbonyl (C=O) groups is 2. The Kier molecular flexibility index (Phi) is 7.75. The van der Waals surface area contributed by atoms with E-state index in [1.54, 1.807) is 6.07 Å². The summed E-state index contributed by atoms with van der Waals surface area (Å²) in [4.78, 5) is 26.8. The van der Waals surface area contributed by atoms with Crippen LogP contribution in [-0.2, 0) is 11.2 Å². The molecule has 2 N–H and O–H groups in total. The minimum atomic E-state index is -0.290. The van der Waals surface area contributed by atoms with Gasteiger partial charge in [0.25, 0.3) is 5.91 Å². The van der Waals surface area contributed by atoms with Crippen molar-refractivity contribution in [1.29, 1.82) is 0 Å². The zero-order valence-corrected chi connectivity index (χ0v) is 18.4. The standard InChI is InChI=1S/C24H30ClN3O2/c1-17(2)26-24(30)21-15-20(27-23(29)16-25)8-9-22(21)28-12-10-19(11-13-28)14-18-6-4-3-5-7-18/h3-9,15,17,19H,10-14,16H2,1-2H3,(H,26,30)(H,27,29). The molecule has 3 rings (SSSR count). The number of carbonyl (C=O) groups excluding carboxylic acids is 2. The number of benzene rings is 2. The molecule has 2 aromatic carbocycles. The van der Waals surface area contributed by atoms with Crippen molar-refractivity contribution in [2.75, 3.05) is 29.2 Å². The van der Waals surface area contributed by atoms with Gasteiger partial charge in [-0.25, -0.2) is 0 Å². The van der Waals surface area contributed by atoms with Crippen LogP contribution in [0.4, 0.5) is 11.4 Å². The highest BCUT2D eigenvalue weighted by atomic mass is 35.5. The molecule has 1 saturated heterocycles. The number of hydrogen-bond acceptors (Lipinski definition) is 3. The summed E-state index contributed by atoms with van der Waals surface area (Å²) in [6.07, 6.45) is 3.27. The van der Waals surface area contributed by atoms with Gasteiger partial charge in [0, 0.05) is 30.5 Å². The lowest BCUT2D eigenvalue weighted by molar-refractivity contribution is -0.113. The topological polar surface area (TPSA) is 61.4 Å².